The number of carboxylic acids is 1. The molecule has 1 aliphatic rings. The lowest BCUT2D eigenvalue weighted by Crippen LogP contribution is -2.47. The average molecular weight is 408 g/mol. The van der Waals surface area contributed by atoms with Crippen LogP contribution in [-0.2, 0) is 9.59 Å². The third-order valence-corrected chi connectivity index (χ3v) is 4.90. The maximum atomic E-state index is 12.7. The molecule has 1 heterocycles. The molecule has 3 amide bonds. The highest BCUT2D eigenvalue weighted by molar-refractivity contribution is 6.42. The second-order valence-corrected chi connectivity index (χ2v) is 6.75. The van der Waals surface area contributed by atoms with Gasteiger partial charge < -0.3 is 20.6 Å². The zero-order valence-corrected chi connectivity index (χ0v) is 15.4. The highest BCUT2D eigenvalue weighted by Crippen LogP contribution is 2.27. The zero-order valence-electron chi connectivity index (χ0n) is 13.9. The third kappa shape index (κ3) is 4.15. The average Bonchev–Trinajstić information content (AvgIpc) is 2.96. The van der Waals surface area contributed by atoms with Gasteiger partial charge in [0.2, 0.25) is 0 Å². The van der Waals surface area contributed by atoms with Crippen LogP contribution in [0.3, 0.4) is 0 Å². The fraction of sp³-hybridized carbons (Fsp3) is 0.167. The van der Waals surface area contributed by atoms with E-state index in [1.165, 1.54) is 23.1 Å². The lowest BCUT2D eigenvalue weighted by molar-refractivity contribution is -0.142. The number of carbonyl (C=O) groups excluding carboxylic acids is 2. The van der Waals surface area contributed by atoms with Crippen LogP contribution >= 0.6 is 23.2 Å². The monoisotopic (exact) mass is 407 g/mol. The summed E-state index contributed by atoms with van der Waals surface area (Å²) in [4.78, 5) is 37.9. The fourth-order valence-corrected chi connectivity index (χ4v) is 3.14. The summed E-state index contributed by atoms with van der Waals surface area (Å²) in [6.07, 6.45) is 0. The van der Waals surface area contributed by atoms with Gasteiger partial charge in [-0.05, 0) is 30.3 Å². The van der Waals surface area contributed by atoms with Crippen LogP contribution in [0.5, 0.6) is 0 Å². The summed E-state index contributed by atoms with van der Waals surface area (Å²) in [5.41, 5.74) is 0.932. The van der Waals surface area contributed by atoms with E-state index in [2.05, 4.69) is 10.6 Å². The number of hydrogen-bond donors (Lipinski definition) is 3. The molecule has 0 bridgehead atoms. The van der Waals surface area contributed by atoms with Crippen LogP contribution in [0.25, 0.3) is 0 Å². The van der Waals surface area contributed by atoms with Crippen LogP contribution in [0.1, 0.15) is 0 Å². The summed E-state index contributed by atoms with van der Waals surface area (Å²) >= 11 is 11.7. The molecule has 3 rings (SSSR count). The largest absolute Gasteiger partial charge is 0.481 e. The van der Waals surface area contributed by atoms with E-state index in [4.69, 9.17) is 23.2 Å². The van der Waals surface area contributed by atoms with E-state index in [9.17, 15) is 19.5 Å². The number of nitrogens with one attached hydrogen (secondary N) is 2. The van der Waals surface area contributed by atoms with Crippen LogP contribution in [-0.4, -0.2) is 35.6 Å². The van der Waals surface area contributed by atoms with Gasteiger partial charge in [0.15, 0.2) is 0 Å². The number of nitrogens with zero attached hydrogens (tertiary/aromatic N) is 1. The zero-order chi connectivity index (χ0) is 19.6. The Morgan fingerprint density at radius 2 is 1.78 bits per heavy atom. The number of benzene rings is 2. The number of carbonyl (C=O) groups is 3. The smallest absolute Gasteiger partial charge is 0.319 e. The highest BCUT2D eigenvalue weighted by Gasteiger charge is 2.45. The molecule has 27 heavy (non-hydrogen) atoms. The Labute approximate surface area is 164 Å². The molecule has 0 aromatic heterocycles. The van der Waals surface area contributed by atoms with Gasteiger partial charge in [-0.15, -0.1) is 0 Å². The van der Waals surface area contributed by atoms with E-state index in [-0.39, 0.29) is 11.6 Å². The van der Waals surface area contributed by atoms with Crippen molar-refractivity contribution in [1.82, 2.24) is 5.32 Å². The van der Waals surface area contributed by atoms with Crippen molar-refractivity contribution in [2.24, 2.45) is 5.92 Å². The quantitative estimate of drug-likeness (QED) is 0.724. The van der Waals surface area contributed by atoms with E-state index >= 15 is 0 Å². The van der Waals surface area contributed by atoms with Gasteiger partial charge in [-0.25, -0.2) is 4.79 Å². The SMILES string of the molecule is O=C(Nc1ccc(Cl)c(Cl)c1)N[C@@H]1C(=O)N(c2ccccc2)C[C@@H]1C(=O)O. The van der Waals surface area contributed by atoms with E-state index in [1.54, 1.807) is 30.3 Å². The third-order valence-electron chi connectivity index (χ3n) is 4.16. The summed E-state index contributed by atoms with van der Waals surface area (Å²) in [5, 5.41) is 15.0. The number of amides is 3. The second kappa shape index (κ2) is 7.85. The molecule has 0 spiro atoms. The van der Waals surface area contributed by atoms with Gasteiger partial charge in [-0.1, -0.05) is 41.4 Å². The molecular weight excluding hydrogens is 393 g/mol. The second-order valence-electron chi connectivity index (χ2n) is 5.93. The van der Waals surface area contributed by atoms with Crippen molar-refractivity contribution < 1.29 is 19.5 Å². The number of para-hydroxylation sites is 1. The molecule has 3 N–H and O–H groups in total. The van der Waals surface area contributed by atoms with Crippen molar-refractivity contribution in [2.45, 2.75) is 6.04 Å². The molecule has 7 nitrogen and oxygen atoms in total. The van der Waals surface area contributed by atoms with Crippen LogP contribution < -0.4 is 15.5 Å². The molecule has 1 aliphatic heterocycles. The summed E-state index contributed by atoms with van der Waals surface area (Å²) in [6, 6.07) is 11.3. The Kier molecular flexibility index (Phi) is 5.53. The maximum absolute atomic E-state index is 12.7. The molecule has 0 radical (unpaired) electrons. The van der Waals surface area contributed by atoms with Crippen molar-refractivity contribution in [3.8, 4) is 0 Å². The molecular formula is C18H15Cl2N3O4. The van der Waals surface area contributed by atoms with Crippen LogP contribution in [0.15, 0.2) is 48.5 Å². The Morgan fingerprint density at radius 3 is 2.41 bits per heavy atom. The van der Waals surface area contributed by atoms with Crippen molar-refractivity contribution in [3.63, 3.8) is 0 Å². The first-order valence-corrected chi connectivity index (χ1v) is 8.74. The van der Waals surface area contributed by atoms with Crippen LogP contribution in [0, 0.1) is 5.92 Å². The van der Waals surface area contributed by atoms with Crippen molar-refractivity contribution >= 4 is 52.5 Å². The Bertz CT molecular complexity index is 891. The summed E-state index contributed by atoms with van der Waals surface area (Å²) < 4.78 is 0. The number of hydrogen-bond acceptors (Lipinski definition) is 3. The topological polar surface area (TPSA) is 98.7 Å². The Balaban J connectivity index is 1.75. The minimum Gasteiger partial charge on any atom is -0.481 e. The maximum Gasteiger partial charge on any atom is 0.319 e. The molecule has 1 fully saturated rings. The normalized spacial score (nSPS) is 19.0. The van der Waals surface area contributed by atoms with E-state index in [0.29, 0.717) is 16.4 Å². The van der Waals surface area contributed by atoms with Gasteiger partial charge in [-0.3, -0.25) is 9.59 Å². The van der Waals surface area contributed by atoms with Crippen molar-refractivity contribution in [1.29, 1.82) is 0 Å². The summed E-state index contributed by atoms with van der Waals surface area (Å²) in [5.74, 6) is -2.73. The highest BCUT2D eigenvalue weighted by atomic mass is 35.5. The minimum absolute atomic E-state index is 0.0318. The van der Waals surface area contributed by atoms with Crippen molar-refractivity contribution in [2.75, 3.05) is 16.8 Å². The number of rotatable bonds is 4. The van der Waals surface area contributed by atoms with Crippen molar-refractivity contribution in [3.05, 3.63) is 58.6 Å². The Morgan fingerprint density at radius 1 is 1.07 bits per heavy atom. The van der Waals surface area contributed by atoms with Crippen LogP contribution in [0.2, 0.25) is 10.0 Å². The summed E-state index contributed by atoms with van der Waals surface area (Å²) in [7, 11) is 0. The first-order chi connectivity index (χ1) is 12.9. The number of aliphatic carboxylic acids is 1. The van der Waals surface area contributed by atoms with E-state index in [1.807, 2.05) is 0 Å². The van der Waals surface area contributed by atoms with Gasteiger partial charge in [0, 0.05) is 17.9 Å². The molecule has 2 atom stereocenters. The first-order valence-electron chi connectivity index (χ1n) is 7.98. The number of urea groups is 1. The van der Waals surface area contributed by atoms with Gasteiger partial charge in [0.05, 0.1) is 10.0 Å². The number of halogens is 2. The lowest BCUT2D eigenvalue weighted by Gasteiger charge is -2.17. The van der Waals surface area contributed by atoms with E-state index in [0.717, 1.165) is 0 Å². The molecule has 9 heteroatoms. The Hall–Kier alpha value is -2.77. The molecule has 0 aliphatic carbocycles. The van der Waals surface area contributed by atoms with Gasteiger partial charge in [0.25, 0.3) is 5.91 Å². The molecule has 140 valence electrons. The predicted molar refractivity (Wildman–Crippen MR) is 102 cm³/mol. The van der Waals surface area contributed by atoms with Gasteiger partial charge >= 0.3 is 12.0 Å². The van der Waals surface area contributed by atoms with E-state index < -0.39 is 29.9 Å². The molecule has 0 saturated carbocycles. The van der Waals surface area contributed by atoms with Crippen LogP contribution in [0.4, 0.5) is 16.2 Å². The fourth-order valence-electron chi connectivity index (χ4n) is 2.84. The molecule has 1 saturated heterocycles. The number of carboxylic acid groups (broad SMARTS) is 1. The molecule has 2 aromatic carbocycles. The van der Waals surface area contributed by atoms with Gasteiger partial charge in [-0.2, -0.15) is 0 Å². The minimum atomic E-state index is -1.19. The predicted octanol–water partition coefficient (Wildman–Crippen LogP) is 3.23. The molecule has 2 aromatic rings. The van der Waals surface area contributed by atoms with Gasteiger partial charge in [0.1, 0.15) is 12.0 Å². The standard InChI is InChI=1S/C18H15Cl2N3O4/c19-13-7-6-10(8-14(13)20)21-18(27)22-15-12(17(25)26)9-23(16(15)24)11-4-2-1-3-5-11/h1-8,12,15H,9H2,(H,25,26)(H2,21,22,27)/t12-,15-/m0/s1. The first kappa shape index (κ1) is 19.0. The lowest BCUT2D eigenvalue weighted by atomic mass is 10.0. The summed E-state index contributed by atoms with van der Waals surface area (Å²) in [6.45, 7) is -0.0318. The molecule has 0 unspecified atom stereocenters. The number of anilines is 2.